The van der Waals surface area contributed by atoms with Crippen molar-refractivity contribution in [2.24, 2.45) is 0 Å². The Morgan fingerprint density at radius 3 is 2.59 bits per heavy atom. The molecule has 2 N–H and O–H groups in total. The van der Waals surface area contributed by atoms with E-state index < -0.39 is 11.9 Å². The van der Waals surface area contributed by atoms with Gasteiger partial charge in [-0.1, -0.05) is 17.7 Å². The van der Waals surface area contributed by atoms with Crippen molar-refractivity contribution in [1.82, 2.24) is 9.88 Å². The Morgan fingerprint density at radius 2 is 1.96 bits per heavy atom. The quantitative estimate of drug-likeness (QED) is 0.675. The number of nitrogens with one attached hydrogen (secondary N) is 1. The number of carbonyl (C=O) groups excluding carboxylic acids is 2. The zero-order valence-electron chi connectivity index (χ0n) is 15.1. The normalized spacial score (nSPS) is 10.4. The Kier molecular flexibility index (Phi) is 7.44. The maximum absolute atomic E-state index is 12.7. The van der Waals surface area contributed by atoms with Gasteiger partial charge in [0.15, 0.2) is 5.13 Å². The summed E-state index contributed by atoms with van der Waals surface area (Å²) in [6, 6.07) is 7.10. The maximum atomic E-state index is 12.7. The van der Waals surface area contributed by atoms with Gasteiger partial charge in [0.05, 0.1) is 18.7 Å². The molecule has 1 heterocycles. The topological polar surface area (TPSA) is 109 Å². The van der Waals surface area contributed by atoms with E-state index in [1.807, 2.05) is 19.1 Å². The van der Waals surface area contributed by atoms with E-state index in [9.17, 15) is 14.4 Å². The van der Waals surface area contributed by atoms with Gasteiger partial charge in [-0.3, -0.25) is 14.4 Å². The minimum absolute atomic E-state index is 0.163. The molecule has 2 aromatic rings. The van der Waals surface area contributed by atoms with Crippen LogP contribution in [0.4, 0.5) is 5.13 Å². The first-order valence-electron chi connectivity index (χ1n) is 8.20. The minimum atomic E-state index is -0.993. The smallest absolute Gasteiger partial charge is 0.309 e. The number of nitrogens with zero attached hydrogens (tertiary/aromatic N) is 2. The summed E-state index contributed by atoms with van der Waals surface area (Å²) in [6.45, 7) is 2.32. The van der Waals surface area contributed by atoms with Crippen LogP contribution in [0, 0.1) is 6.92 Å². The van der Waals surface area contributed by atoms with Crippen LogP contribution in [-0.4, -0.2) is 59.6 Å². The molecule has 144 valence electrons. The molecule has 0 spiro atoms. The van der Waals surface area contributed by atoms with E-state index in [1.54, 1.807) is 17.5 Å². The van der Waals surface area contributed by atoms with E-state index >= 15 is 0 Å². The molecule has 0 atom stereocenters. The number of hydrogen-bond donors (Lipinski definition) is 2. The predicted octanol–water partition coefficient (Wildman–Crippen LogP) is 1.81. The molecule has 0 saturated heterocycles. The maximum Gasteiger partial charge on any atom is 0.309 e. The highest BCUT2D eigenvalue weighted by Gasteiger charge is 2.19. The van der Waals surface area contributed by atoms with E-state index in [1.165, 1.54) is 12.0 Å². The number of thiazole rings is 1. The second-order valence-corrected chi connectivity index (χ2v) is 6.71. The first-order valence-corrected chi connectivity index (χ1v) is 9.08. The van der Waals surface area contributed by atoms with Crippen molar-refractivity contribution in [1.29, 1.82) is 0 Å². The standard InChI is InChI=1S/C18H21N3O5S/c1-12-3-5-13(6-4-12)17(25)21(7-8-26-2)10-15(22)20-18-19-14(11-27-18)9-16(23)24/h3-6,11H,7-10H2,1-2H3,(H,23,24)(H,19,20,22). The summed E-state index contributed by atoms with van der Waals surface area (Å²) in [7, 11) is 1.52. The van der Waals surface area contributed by atoms with Crippen molar-refractivity contribution in [3.63, 3.8) is 0 Å². The number of carbonyl (C=O) groups is 3. The number of amides is 2. The molecule has 1 aromatic carbocycles. The lowest BCUT2D eigenvalue weighted by Gasteiger charge is -2.21. The molecule has 2 amide bonds. The van der Waals surface area contributed by atoms with Crippen molar-refractivity contribution in [2.75, 3.05) is 32.1 Å². The van der Waals surface area contributed by atoms with Crippen molar-refractivity contribution >= 4 is 34.3 Å². The van der Waals surface area contributed by atoms with Crippen LogP contribution in [0.2, 0.25) is 0 Å². The number of benzene rings is 1. The van der Waals surface area contributed by atoms with E-state index in [2.05, 4.69) is 10.3 Å². The summed E-state index contributed by atoms with van der Waals surface area (Å²) in [4.78, 5) is 41.1. The van der Waals surface area contributed by atoms with Gasteiger partial charge in [-0.2, -0.15) is 0 Å². The minimum Gasteiger partial charge on any atom is -0.481 e. The van der Waals surface area contributed by atoms with Gasteiger partial charge < -0.3 is 20.1 Å². The summed E-state index contributed by atoms with van der Waals surface area (Å²) < 4.78 is 5.03. The zero-order valence-corrected chi connectivity index (χ0v) is 15.9. The highest BCUT2D eigenvalue weighted by Crippen LogP contribution is 2.16. The number of carboxylic acids is 1. The average molecular weight is 391 g/mol. The Balaban J connectivity index is 2.02. The lowest BCUT2D eigenvalue weighted by atomic mass is 10.1. The van der Waals surface area contributed by atoms with E-state index in [0.717, 1.165) is 16.9 Å². The molecule has 1 aromatic heterocycles. The second kappa shape index (κ2) is 9.79. The summed E-state index contributed by atoms with van der Waals surface area (Å²) in [5, 5.41) is 13.2. The molecule has 0 aliphatic rings. The van der Waals surface area contributed by atoms with Crippen LogP contribution in [0.25, 0.3) is 0 Å². The second-order valence-electron chi connectivity index (χ2n) is 5.85. The highest BCUT2D eigenvalue weighted by molar-refractivity contribution is 7.13. The molecule has 0 bridgehead atoms. The largest absolute Gasteiger partial charge is 0.481 e. The summed E-state index contributed by atoms with van der Waals surface area (Å²) in [6.07, 6.45) is -0.210. The molecule has 0 aliphatic carbocycles. The molecule has 27 heavy (non-hydrogen) atoms. The number of aryl methyl sites for hydroxylation is 1. The number of anilines is 1. The fraction of sp³-hybridized carbons (Fsp3) is 0.333. The number of ether oxygens (including phenoxy) is 1. The molecular formula is C18H21N3O5S. The van der Waals surface area contributed by atoms with E-state index in [0.29, 0.717) is 23.0 Å². The third-order valence-corrected chi connectivity index (χ3v) is 4.42. The van der Waals surface area contributed by atoms with Crippen LogP contribution in [0.5, 0.6) is 0 Å². The number of aliphatic carboxylic acids is 1. The number of rotatable bonds is 9. The Labute approximate surface area is 160 Å². The van der Waals surface area contributed by atoms with Gasteiger partial charge in [-0.15, -0.1) is 11.3 Å². The van der Waals surface area contributed by atoms with Crippen LogP contribution in [0.1, 0.15) is 21.6 Å². The molecular weight excluding hydrogens is 370 g/mol. The van der Waals surface area contributed by atoms with E-state index in [-0.39, 0.29) is 25.4 Å². The van der Waals surface area contributed by atoms with E-state index in [4.69, 9.17) is 9.84 Å². The lowest BCUT2D eigenvalue weighted by Crippen LogP contribution is -2.40. The number of hydrogen-bond acceptors (Lipinski definition) is 6. The summed E-state index contributed by atoms with van der Waals surface area (Å²) in [5.41, 5.74) is 1.89. The van der Waals surface area contributed by atoms with Gasteiger partial charge in [0.25, 0.3) is 5.91 Å². The van der Waals surface area contributed by atoms with Gasteiger partial charge in [0.2, 0.25) is 5.91 Å². The highest BCUT2D eigenvalue weighted by atomic mass is 32.1. The molecule has 0 unspecified atom stereocenters. The average Bonchev–Trinajstić information content (AvgIpc) is 3.04. The fourth-order valence-electron chi connectivity index (χ4n) is 2.27. The van der Waals surface area contributed by atoms with Gasteiger partial charge in [-0.25, -0.2) is 4.98 Å². The predicted molar refractivity (Wildman–Crippen MR) is 101 cm³/mol. The molecule has 8 nitrogen and oxygen atoms in total. The van der Waals surface area contributed by atoms with Crippen molar-refractivity contribution in [3.8, 4) is 0 Å². The van der Waals surface area contributed by atoms with Crippen molar-refractivity contribution in [2.45, 2.75) is 13.3 Å². The fourth-order valence-corrected chi connectivity index (χ4v) is 2.99. The Bertz CT molecular complexity index is 804. The van der Waals surface area contributed by atoms with Crippen molar-refractivity contribution < 1.29 is 24.2 Å². The number of carboxylic acid groups (broad SMARTS) is 1. The van der Waals surface area contributed by atoms with Gasteiger partial charge in [-0.05, 0) is 19.1 Å². The van der Waals surface area contributed by atoms with Crippen LogP contribution in [-0.2, 0) is 20.7 Å². The molecule has 2 rings (SSSR count). The Morgan fingerprint density at radius 1 is 1.26 bits per heavy atom. The third-order valence-electron chi connectivity index (χ3n) is 3.62. The number of aromatic nitrogens is 1. The van der Waals surface area contributed by atoms with Crippen LogP contribution >= 0.6 is 11.3 Å². The van der Waals surface area contributed by atoms with Crippen LogP contribution in [0.3, 0.4) is 0 Å². The first kappa shape index (κ1) is 20.5. The molecule has 0 saturated carbocycles. The SMILES string of the molecule is COCCN(CC(=O)Nc1nc(CC(=O)O)cs1)C(=O)c1ccc(C)cc1. The molecule has 0 radical (unpaired) electrons. The van der Waals surface area contributed by atoms with Gasteiger partial charge in [0, 0.05) is 24.6 Å². The zero-order chi connectivity index (χ0) is 19.8. The van der Waals surface area contributed by atoms with Crippen LogP contribution < -0.4 is 5.32 Å². The monoisotopic (exact) mass is 391 g/mol. The van der Waals surface area contributed by atoms with Gasteiger partial charge >= 0.3 is 5.97 Å². The molecule has 0 aliphatic heterocycles. The van der Waals surface area contributed by atoms with Crippen molar-refractivity contribution in [3.05, 3.63) is 46.5 Å². The lowest BCUT2D eigenvalue weighted by molar-refractivity contribution is -0.136. The third kappa shape index (κ3) is 6.46. The number of methoxy groups -OCH3 is 1. The summed E-state index contributed by atoms with van der Waals surface area (Å²) in [5.74, 6) is -1.68. The molecule has 0 fully saturated rings. The molecule has 9 heteroatoms. The Hall–Kier alpha value is -2.78. The first-order chi connectivity index (χ1) is 12.9. The van der Waals surface area contributed by atoms with Gasteiger partial charge in [0.1, 0.15) is 6.54 Å². The van der Waals surface area contributed by atoms with Crippen LogP contribution in [0.15, 0.2) is 29.6 Å². The summed E-state index contributed by atoms with van der Waals surface area (Å²) >= 11 is 1.14.